The largest absolute Gasteiger partial charge is 0.445 e. The first-order valence-electron chi connectivity index (χ1n) is 15.1. The normalized spacial score (nSPS) is 12.7. The molecule has 238 valence electrons. The zero-order valence-corrected chi connectivity index (χ0v) is 26.5. The molecule has 1 fully saturated rings. The first kappa shape index (κ1) is 31.2. The van der Waals surface area contributed by atoms with Gasteiger partial charge < -0.3 is 29.6 Å². The number of thiophene rings is 1. The second-order valence-corrected chi connectivity index (χ2v) is 12.3. The Kier molecular flexibility index (Phi) is 9.55. The van der Waals surface area contributed by atoms with E-state index >= 15 is 4.39 Å². The first-order chi connectivity index (χ1) is 22.4. The molecule has 2 N–H and O–H groups in total. The number of carbonyl (C=O) groups excluding carboxylic acids is 2. The van der Waals surface area contributed by atoms with Gasteiger partial charge in [0.15, 0.2) is 0 Å². The van der Waals surface area contributed by atoms with Gasteiger partial charge in [0.05, 0.1) is 40.1 Å². The number of imidazole rings is 1. The number of fused-ring (bicyclic) bond motifs is 1. The third-order valence-corrected chi connectivity index (χ3v) is 8.98. The van der Waals surface area contributed by atoms with Crippen LogP contribution >= 0.6 is 11.3 Å². The summed E-state index contributed by atoms with van der Waals surface area (Å²) in [5.41, 5.74) is 4.40. The number of methoxy groups -OCH3 is 1. The molecule has 10 nitrogen and oxygen atoms in total. The smallest absolute Gasteiger partial charge is 0.410 e. The number of benzene rings is 2. The molecule has 0 atom stereocenters. The summed E-state index contributed by atoms with van der Waals surface area (Å²) in [4.78, 5) is 36.8. The number of carbonyl (C=O) groups is 2. The Bertz CT molecular complexity index is 1840. The van der Waals surface area contributed by atoms with E-state index in [1.165, 1.54) is 17.4 Å². The van der Waals surface area contributed by atoms with Gasteiger partial charge in [-0.05, 0) is 53.8 Å². The van der Waals surface area contributed by atoms with Crippen LogP contribution < -0.4 is 10.6 Å². The van der Waals surface area contributed by atoms with E-state index in [4.69, 9.17) is 9.47 Å². The van der Waals surface area contributed by atoms with E-state index in [0.29, 0.717) is 37.4 Å². The summed E-state index contributed by atoms with van der Waals surface area (Å²) in [5, 5.41) is 5.54. The van der Waals surface area contributed by atoms with Crippen molar-refractivity contribution in [3.8, 4) is 10.7 Å². The zero-order chi connectivity index (χ0) is 32.0. The first-order valence-corrected chi connectivity index (χ1v) is 15.9. The van der Waals surface area contributed by atoms with E-state index in [1.807, 2.05) is 54.1 Å². The topological polar surface area (TPSA) is 111 Å². The summed E-state index contributed by atoms with van der Waals surface area (Å²) in [7, 11) is 3.51. The number of ether oxygens (including phenoxy) is 2. The van der Waals surface area contributed by atoms with E-state index in [1.54, 1.807) is 36.5 Å². The zero-order valence-electron chi connectivity index (χ0n) is 25.7. The highest BCUT2D eigenvalue weighted by Crippen LogP contribution is 2.35. The molecule has 0 unspecified atom stereocenters. The van der Waals surface area contributed by atoms with Crippen molar-refractivity contribution in [2.75, 3.05) is 25.6 Å². The average molecular weight is 643 g/mol. The van der Waals surface area contributed by atoms with Crippen molar-refractivity contribution in [3.63, 3.8) is 0 Å². The molecule has 3 aromatic heterocycles. The van der Waals surface area contributed by atoms with Crippen LogP contribution in [0.1, 0.15) is 35.2 Å². The van der Waals surface area contributed by atoms with E-state index < -0.39 is 6.09 Å². The van der Waals surface area contributed by atoms with Crippen LogP contribution in [0.5, 0.6) is 0 Å². The van der Waals surface area contributed by atoms with Crippen molar-refractivity contribution in [1.82, 2.24) is 24.8 Å². The predicted octanol–water partition coefficient (Wildman–Crippen LogP) is 6.50. The van der Waals surface area contributed by atoms with E-state index in [9.17, 15) is 9.59 Å². The second kappa shape index (κ2) is 14.1. The number of rotatable bonds is 12. The molecule has 6 rings (SSSR count). The molecule has 2 aromatic carbocycles. The SMILES string of the molecule is COCCN(Cc1cnc(-c2cc3nccc(Cc4ccc(NC(=O)NC5CC5)cc4F)c3s2)n1C)C(=O)OCc1ccccc1. The number of anilines is 1. The monoisotopic (exact) mass is 642 g/mol. The Morgan fingerprint density at radius 1 is 1.09 bits per heavy atom. The number of hydrogen-bond donors (Lipinski definition) is 2. The summed E-state index contributed by atoms with van der Waals surface area (Å²) in [6, 6.07) is 18.1. The van der Waals surface area contributed by atoms with Crippen LogP contribution in [0.25, 0.3) is 20.9 Å². The molecule has 3 amide bonds. The summed E-state index contributed by atoms with van der Waals surface area (Å²) in [6.07, 6.45) is 5.37. The number of nitrogens with one attached hydrogen (secondary N) is 2. The van der Waals surface area contributed by atoms with Gasteiger partial charge in [-0.3, -0.25) is 4.98 Å². The lowest BCUT2D eigenvalue weighted by atomic mass is 10.0. The molecule has 46 heavy (non-hydrogen) atoms. The molecule has 1 aliphatic rings. The molecule has 0 radical (unpaired) electrons. The van der Waals surface area contributed by atoms with Crippen LogP contribution in [0.15, 0.2) is 73.1 Å². The van der Waals surface area contributed by atoms with E-state index in [0.717, 1.165) is 50.6 Å². The average Bonchev–Trinajstić information content (AvgIpc) is 3.63. The maximum absolute atomic E-state index is 15.1. The number of amides is 3. The summed E-state index contributed by atoms with van der Waals surface area (Å²) in [5.74, 6) is 0.347. The molecule has 1 saturated carbocycles. The lowest BCUT2D eigenvalue weighted by Gasteiger charge is -2.22. The maximum Gasteiger partial charge on any atom is 0.410 e. The fourth-order valence-electron chi connectivity index (χ4n) is 5.06. The Balaban J connectivity index is 1.16. The van der Waals surface area contributed by atoms with Gasteiger partial charge in [-0.2, -0.15) is 0 Å². The third kappa shape index (κ3) is 7.52. The van der Waals surface area contributed by atoms with Crippen molar-refractivity contribution in [1.29, 1.82) is 0 Å². The van der Waals surface area contributed by atoms with Crippen molar-refractivity contribution in [3.05, 3.63) is 101 Å². The molecule has 0 bridgehead atoms. The van der Waals surface area contributed by atoms with Gasteiger partial charge in [0.2, 0.25) is 0 Å². The van der Waals surface area contributed by atoms with Crippen LogP contribution in [-0.4, -0.2) is 57.9 Å². The molecule has 1 aliphatic carbocycles. The molecule has 3 heterocycles. The quantitative estimate of drug-likeness (QED) is 0.161. The Morgan fingerprint density at radius 3 is 2.67 bits per heavy atom. The van der Waals surface area contributed by atoms with Crippen LogP contribution in [0.3, 0.4) is 0 Å². The molecule has 5 aromatic rings. The van der Waals surface area contributed by atoms with E-state index in [2.05, 4.69) is 20.6 Å². The molecule has 0 saturated heterocycles. The van der Waals surface area contributed by atoms with Gasteiger partial charge in [0, 0.05) is 45.0 Å². The lowest BCUT2D eigenvalue weighted by Crippen LogP contribution is -2.34. The second-order valence-electron chi connectivity index (χ2n) is 11.2. The number of urea groups is 1. The maximum atomic E-state index is 15.1. The molecule has 12 heteroatoms. The Labute approximate surface area is 270 Å². The fraction of sp³-hybridized carbons (Fsp3) is 0.294. The lowest BCUT2D eigenvalue weighted by molar-refractivity contribution is 0.0789. The number of pyridine rings is 1. The highest BCUT2D eigenvalue weighted by Gasteiger charge is 2.23. The minimum Gasteiger partial charge on any atom is -0.445 e. The summed E-state index contributed by atoms with van der Waals surface area (Å²) < 4.78 is 28.8. The van der Waals surface area contributed by atoms with Gasteiger partial charge in [0.25, 0.3) is 0 Å². The number of nitrogens with zero attached hydrogens (tertiary/aromatic N) is 4. The highest BCUT2D eigenvalue weighted by atomic mass is 32.1. The van der Waals surface area contributed by atoms with Gasteiger partial charge in [-0.15, -0.1) is 11.3 Å². The van der Waals surface area contributed by atoms with Crippen LogP contribution in [0.2, 0.25) is 0 Å². The molecule has 0 spiro atoms. The predicted molar refractivity (Wildman–Crippen MR) is 175 cm³/mol. The third-order valence-electron chi connectivity index (χ3n) is 7.78. The summed E-state index contributed by atoms with van der Waals surface area (Å²) >= 11 is 1.54. The number of hydrogen-bond acceptors (Lipinski definition) is 7. The van der Waals surface area contributed by atoms with Gasteiger partial charge in [-0.1, -0.05) is 36.4 Å². The van der Waals surface area contributed by atoms with Crippen molar-refractivity contribution >= 4 is 39.4 Å². The standard InChI is InChI=1S/C34H35FN6O4S/c1-40-27(20-41(14-15-44-2)34(43)45-21-22-6-4-3-5-7-22)19-37-32(40)30-18-29-31(46-30)24(12-13-36-29)16-23-8-9-26(17-28(23)35)39-33(42)38-25-10-11-25/h3-9,12-13,17-19,25H,10-11,14-16,20-21H2,1-2H3,(H2,38,39,42). The van der Waals surface area contributed by atoms with Crippen molar-refractivity contribution < 1.29 is 23.5 Å². The number of aromatic nitrogens is 3. The van der Waals surface area contributed by atoms with Gasteiger partial charge >= 0.3 is 12.1 Å². The van der Waals surface area contributed by atoms with Crippen LogP contribution in [0, 0.1) is 5.82 Å². The van der Waals surface area contributed by atoms with Crippen LogP contribution in [-0.2, 0) is 36.1 Å². The molecule has 0 aliphatic heterocycles. The van der Waals surface area contributed by atoms with Crippen molar-refractivity contribution in [2.24, 2.45) is 7.05 Å². The summed E-state index contributed by atoms with van der Waals surface area (Å²) in [6.45, 7) is 1.20. The van der Waals surface area contributed by atoms with Gasteiger partial charge in [-0.25, -0.2) is 19.0 Å². The molecular formula is C34H35FN6O4S. The van der Waals surface area contributed by atoms with Gasteiger partial charge in [0.1, 0.15) is 18.2 Å². The van der Waals surface area contributed by atoms with Crippen LogP contribution in [0.4, 0.5) is 19.7 Å². The minimum absolute atomic E-state index is 0.180. The molecular weight excluding hydrogens is 607 g/mol. The fourth-order valence-corrected chi connectivity index (χ4v) is 6.22. The number of halogens is 1. The van der Waals surface area contributed by atoms with Crippen molar-refractivity contribution in [2.45, 2.75) is 38.5 Å². The Hall–Kier alpha value is -4.81. The minimum atomic E-state index is -0.433. The van der Waals surface area contributed by atoms with E-state index in [-0.39, 0.29) is 24.5 Å². The Morgan fingerprint density at radius 2 is 1.91 bits per heavy atom. The highest BCUT2D eigenvalue weighted by molar-refractivity contribution is 7.22.